The SMILES string of the molecule is NCc1ccc(-c2ccc(S(=O)(=O)NC3CCCCC3)cc2C(N)=O)cc1F. The normalized spacial score (nSPS) is 15.5. The van der Waals surface area contributed by atoms with Crippen molar-refractivity contribution in [3.8, 4) is 11.1 Å². The van der Waals surface area contributed by atoms with Gasteiger partial charge in [-0.15, -0.1) is 0 Å². The average Bonchev–Trinajstić information content (AvgIpc) is 2.68. The highest BCUT2D eigenvalue weighted by molar-refractivity contribution is 7.89. The number of benzene rings is 2. The molecule has 0 radical (unpaired) electrons. The molecule has 0 unspecified atom stereocenters. The summed E-state index contributed by atoms with van der Waals surface area (Å²) >= 11 is 0. The highest BCUT2D eigenvalue weighted by Gasteiger charge is 2.24. The molecule has 1 aliphatic rings. The molecule has 2 aromatic rings. The maximum atomic E-state index is 14.1. The van der Waals surface area contributed by atoms with Crippen molar-refractivity contribution >= 4 is 15.9 Å². The number of halogens is 1. The van der Waals surface area contributed by atoms with Gasteiger partial charge < -0.3 is 11.5 Å². The summed E-state index contributed by atoms with van der Waals surface area (Å²) in [5.74, 6) is -1.28. The van der Waals surface area contributed by atoms with Crippen molar-refractivity contribution in [1.82, 2.24) is 4.72 Å². The molecule has 28 heavy (non-hydrogen) atoms. The zero-order valence-electron chi connectivity index (χ0n) is 15.4. The molecule has 0 spiro atoms. The molecule has 1 saturated carbocycles. The first kappa shape index (κ1) is 20.4. The van der Waals surface area contributed by atoms with Crippen molar-refractivity contribution in [3.63, 3.8) is 0 Å². The van der Waals surface area contributed by atoms with Gasteiger partial charge in [0.05, 0.1) is 4.90 Å². The van der Waals surface area contributed by atoms with Gasteiger partial charge in [0.1, 0.15) is 5.82 Å². The van der Waals surface area contributed by atoms with E-state index in [1.165, 1.54) is 30.3 Å². The van der Waals surface area contributed by atoms with Crippen LogP contribution in [0.15, 0.2) is 41.3 Å². The third-order valence-electron chi connectivity index (χ3n) is 5.08. The van der Waals surface area contributed by atoms with E-state index in [2.05, 4.69) is 4.72 Å². The Balaban J connectivity index is 1.97. The fourth-order valence-electron chi connectivity index (χ4n) is 3.53. The Morgan fingerprint density at radius 2 is 1.82 bits per heavy atom. The van der Waals surface area contributed by atoms with Crippen LogP contribution in [-0.2, 0) is 16.6 Å². The third kappa shape index (κ3) is 4.40. The molecule has 3 rings (SSSR count). The number of hydrogen-bond donors (Lipinski definition) is 3. The van der Waals surface area contributed by atoms with E-state index < -0.39 is 21.7 Å². The van der Waals surface area contributed by atoms with Gasteiger partial charge in [-0.3, -0.25) is 4.79 Å². The van der Waals surface area contributed by atoms with E-state index in [9.17, 15) is 17.6 Å². The largest absolute Gasteiger partial charge is 0.366 e. The number of nitrogens with one attached hydrogen (secondary N) is 1. The first-order chi connectivity index (χ1) is 13.3. The molecule has 0 saturated heterocycles. The lowest BCUT2D eigenvalue weighted by molar-refractivity contribution is 0.100. The molecule has 6 nitrogen and oxygen atoms in total. The summed E-state index contributed by atoms with van der Waals surface area (Å²) in [6.45, 7) is 0.0544. The second kappa shape index (κ2) is 8.38. The molecule has 1 aliphatic carbocycles. The van der Waals surface area contributed by atoms with E-state index in [0.717, 1.165) is 32.1 Å². The van der Waals surface area contributed by atoms with Crippen LogP contribution in [-0.4, -0.2) is 20.4 Å². The van der Waals surface area contributed by atoms with Gasteiger partial charge in [-0.05, 0) is 42.2 Å². The Hall–Kier alpha value is -2.29. The van der Waals surface area contributed by atoms with Crippen molar-refractivity contribution in [3.05, 3.63) is 53.3 Å². The van der Waals surface area contributed by atoms with Gasteiger partial charge in [-0.2, -0.15) is 0 Å². The van der Waals surface area contributed by atoms with Crippen LogP contribution in [0.3, 0.4) is 0 Å². The van der Waals surface area contributed by atoms with Crippen molar-refractivity contribution in [2.24, 2.45) is 11.5 Å². The molecular weight excluding hydrogens is 381 g/mol. The lowest BCUT2D eigenvalue weighted by Gasteiger charge is -2.22. The van der Waals surface area contributed by atoms with E-state index in [1.807, 2.05) is 0 Å². The zero-order chi connectivity index (χ0) is 20.3. The van der Waals surface area contributed by atoms with Crippen LogP contribution >= 0.6 is 0 Å². The molecule has 1 fully saturated rings. The van der Waals surface area contributed by atoms with Gasteiger partial charge in [0.2, 0.25) is 15.9 Å². The van der Waals surface area contributed by atoms with Crippen LogP contribution in [0.5, 0.6) is 0 Å². The monoisotopic (exact) mass is 405 g/mol. The number of sulfonamides is 1. The molecule has 0 bridgehead atoms. The molecule has 150 valence electrons. The molecule has 5 N–H and O–H groups in total. The minimum Gasteiger partial charge on any atom is -0.366 e. The minimum atomic E-state index is -3.78. The average molecular weight is 405 g/mol. The van der Waals surface area contributed by atoms with Crippen LogP contribution in [0, 0.1) is 5.82 Å². The zero-order valence-corrected chi connectivity index (χ0v) is 16.3. The van der Waals surface area contributed by atoms with Crippen LogP contribution in [0.4, 0.5) is 4.39 Å². The maximum Gasteiger partial charge on any atom is 0.249 e. The lowest BCUT2D eigenvalue weighted by Crippen LogP contribution is -2.36. The second-order valence-corrected chi connectivity index (χ2v) is 8.75. The molecule has 0 atom stereocenters. The smallest absolute Gasteiger partial charge is 0.249 e. The maximum absolute atomic E-state index is 14.1. The highest BCUT2D eigenvalue weighted by atomic mass is 32.2. The number of carbonyl (C=O) groups is 1. The number of primary amides is 1. The van der Waals surface area contributed by atoms with Gasteiger partial charge in [0.15, 0.2) is 0 Å². The Morgan fingerprint density at radius 3 is 2.43 bits per heavy atom. The predicted molar refractivity (Wildman–Crippen MR) is 105 cm³/mol. The van der Waals surface area contributed by atoms with Gasteiger partial charge >= 0.3 is 0 Å². The van der Waals surface area contributed by atoms with Crippen molar-refractivity contribution in [2.75, 3.05) is 0 Å². The summed E-state index contributed by atoms with van der Waals surface area (Å²) in [6, 6.07) is 8.45. The standard InChI is InChI=1S/C20H24FN3O3S/c21-19-10-13(6-7-14(19)12-22)17-9-8-16(11-18(17)20(23)25)28(26,27)24-15-4-2-1-3-5-15/h6-11,15,24H,1-5,12,22H2,(H2,23,25). The van der Waals surface area contributed by atoms with Crippen molar-refractivity contribution in [1.29, 1.82) is 0 Å². The molecule has 0 aromatic heterocycles. The topological polar surface area (TPSA) is 115 Å². The first-order valence-corrected chi connectivity index (χ1v) is 10.7. The van der Waals surface area contributed by atoms with Crippen LogP contribution in [0.25, 0.3) is 11.1 Å². The van der Waals surface area contributed by atoms with Crippen molar-refractivity contribution in [2.45, 2.75) is 49.6 Å². The van der Waals surface area contributed by atoms with E-state index in [0.29, 0.717) is 16.7 Å². The molecule has 0 aliphatic heterocycles. The van der Waals surface area contributed by atoms with Crippen LogP contribution < -0.4 is 16.2 Å². The second-order valence-electron chi connectivity index (χ2n) is 7.04. The van der Waals surface area contributed by atoms with Crippen LogP contribution in [0.1, 0.15) is 48.0 Å². The quantitative estimate of drug-likeness (QED) is 0.685. The third-order valence-corrected chi connectivity index (χ3v) is 6.60. The number of rotatable bonds is 6. The van der Waals surface area contributed by atoms with Gasteiger partial charge in [-0.1, -0.05) is 37.5 Å². The molecule has 1 amide bonds. The number of nitrogens with two attached hydrogens (primary N) is 2. The lowest BCUT2D eigenvalue weighted by atomic mass is 9.96. The molecule has 2 aromatic carbocycles. The number of amides is 1. The van der Waals surface area contributed by atoms with E-state index in [-0.39, 0.29) is 23.0 Å². The van der Waals surface area contributed by atoms with Gasteiger partial charge in [0.25, 0.3) is 0 Å². The highest BCUT2D eigenvalue weighted by Crippen LogP contribution is 2.28. The summed E-state index contributed by atoms with van der Waals surface area (Å²) in [5, 5.41) is 0. The minimum absolute atomic E-state index is 0.0198. The Kier molecular flexibility index (Phi) is 6.12. The van der Waals surface area contributed by atoms with E-state index >= 15 is 0 Å². The predicted octanol–water partition coefficient (Wildman–Crippen LogP) is 2.66. The summed E-state index contributed by atoms with van der Waals surface area (Å²) in [6.07, 6.45) is 4.68. The van der Waals surface area contributed by atoms with E-state index in [4.69, 9.17) is 11.5 Å². The summed E-state index contributed by atoms with van der Waals surface area (Å²) in [7, 11) is -3.78. The van der Waals surface area contributed by atoms with Crippen molar-refractivity contribution < 1.29 is 17.6 Å². The Labute approximate surface area is 164 Å². The molecule has 0 heterocycles. The Morgan fingerprint density at radius 1 is 1.11 bits per heavy atom. The van der Waals surface area contributed by atoms with E-state index in [1.54, 1.807) is 6.07 Å². The Bertz CT molecular complexity index is 986. The summed E-state index contributed by atoms with van der Waals surface area (Å²) < 4.78 is 42.3. The van der Waals surface area contributed by atoms with Gasteiger partial charge in [-0.25, -0.2) is 17.5 Å². The molecule has 8 heteroatoms. The number of carbonyl (C=O) groups excluding carboxylic acids is 1. The van der Waals surface area contributed by atoms with Crippen LogP contribution in [0.2, 0.25) is 0 Å². The summed E-state index contributed by atoms with van der Waals surface area (Å²) in [4.78, 5) is 11.9. The van der Waals surface area contributed by atoms with Gasteiger partial charge in [0, 0.05) is 23.7 Å². The number of hydrogen-bond acceptors (Lipinski definition) is 4. The molecular formula is C20H24FN3O3S. The first-order valence-electron chi connectivity index (χ1n) is 9.27. The fraction of sp³-hybridized carbons (Fsp3) is 0.350. The summed E-state index contributed by atoms with van der Waals surface area (Å²) in [5.41, 5.74) is 12.1. The fourth-order valence-corrected chi connectivity index (χ4v) is 4.87.